The summed E-state index contributed by atoms with van der Waals surface area (Å²) in [5, 5.41) is 6.02. The zero-order chi connectivity index (χ0) is 15.9. The van der Waals surface area contributed by atoms with Gasteiger partial charge in [0.1, 0.15) is 5.75 Å². The lowest BCUT2D eigenvalue weighted by molar-refractivity contribution is 0.0956. The molecule has 0 heterocycles. The molecule has 0 atom stereocenters. The Kier molecular flexibility index (Phi) is 5.25. The number of carbonyl (C=O) groups excluding carboxylic acids is 1. The highest BCUT2D eigenvalue weighted by Crippen LogP contribution is 2.24. The van der Waals surface area contributed by atoms with E-state index in [0.717, 1.165) is 11.4 Å². The molecule has 0 radical (unpaired) electrons. The number of hydrogen-bond acceptors (Lipinski definition) is 4. The van der Waals surface area contributed by atoms with Crippen molar-refractivity contribution in [2.24, 2.45) is 0 Å². The Labute approximate surface area is 130 Å². The second-order valence-corrected chi connectivity index (χ2v) is 4.75. The number of nitrogens with two attached hydrogens (primary N) is 1. The summed E-state index contributed by atoms with van der Waals surface area (Å²) in [5.74, 6) is 0.664. The molecule has 0 bridgehead atoms. The zero-order valence-corrected chi connectivity index (χ0v) is 12.8. The van der Waals surface area contributed by atoms with E-state index in [2.05, 4.69) is 10.6 Å². The van der Waals surface area contributed by atoms with Gasteiger partial charge < -0.3 is 21.1 Å². The van der Waals surface area contributed by atoms with Crippen LogP contribution in [0.15, 0.2) is 42.5 Å². The first-order valence-electron chi connectivity index (χ1n) is 7.31. The van der Waals surface area contributed by atoms with Gasteiger partial charge in [0.25, 0.3) is 5.91 Å². The molecule has 116 valence electrons. The molecule has 1 amide bonds. The van der Waals surface area contributed by atoms with E-state index in [4.69, 9.17) is 10.5 Å². The van der Waals surface area contributed by atoms with E-state index < -0.39 is 0 Å². The van der Waals surface area contributed by atoms with Gasteiger partial charge in [0.15, 0.2) is 0 Å². The molecule has 0 saturated heterocycles. The van der Waals surface area contributed by atoms with E-state index in [9.17, 15) is 4.79 Å². The Hall–Kier alpha value is -2.69. The van der Waals surface area contributed by atoms with Crippen LogP contribution in [0.5, 0.6) is 5.75 Å². The largest absolute Gasteiger partial charge is 0.494 e. The number of hydrogen-bond donors (Lipinski definition) is 3. The number of carbonyl (C=O) groups is 1. The van der Waals surface area contributed by atoms with Gasteiger partial charge >= 0.3 is 0 Å². The SMILES string of the molecule is CCNC(=O)c1cc(N)ccc1Nc1ccc(OCC)cc1. The van der Waals surface area contributed by atoms with Crippen LogP contribution >= 0.6 is 0 Å². The highest BCUT2D eigenvalue weighted by molar-refractivity contribution is 6.01. The van der Waals surface area contributed by atoms with Crippen molar-refractivity contribution in [1.29, 1.82) is 0 Å². The van der Waals surface area contributed by atoms with Gasteiger partial charge in [0.2, 0.25) is 0 Å². The molecule has 0 unspecified atom stereocenters. The topological polar surface area (TPSA) is 76.4 Å². The van der Waals surface area contributed by atoms with E-state index >= 15 is 0 Å². The maximum atomic E-state index is 12.1. The monoisotopic (exact) mass is 299 g/mol. The minimum Gasteiger partial charge on any atom is -0.494 e. The summed E-state index contributed by atoms with van der Waals surface area (Å²) in [6, 6.07) is 12.8. The maximum Gasteiger partial charge on any atom is 0.253 e. The molecule has 0 spiro atoms. The average molecular weight is 299 g/mol. The predicted molar refractivity (Wildman–Crippen MR) is 89.8 cm³/mol. The molecule has 2 rings (SSSR count). The van der Waals surface area contributed by atoms with Crippen molar-refractivity contribution in [2.75, 3.05) is 24.2 Å². The third-order valence-electron chi connectivity index (χ3n) is 3.07. The van der Waals surface area contributed by atoms with Crippen LogP contribution in [0.1, 0.15) is 24.2 Å². The minimum atomic E-state index is -0.150. The van der Waals surface area contributed by atoms with Crippen LogP contribution in [0, 0.1) is 0 Å². The lowest BCUT2D eigenvalue weighted by atomic mass is 10.1. The van der Waals surface area contributed by atoms with Crippen molar-refractivity contribution in [3.05, 3.63) is 48.0 Å². The molecular formula is C17H21N3O2. The first kappa shape index (κ1) is 15.7. The minimum absolute atomic E-state index is 0.150. The molecule has 2 aromatic rings. The fourth-order valence-corrected chi connectivity index (χ4v) is 2.07. The van der Waals surface area contributed by atoms with Crippen LogP contribution in [0.3, 0.4) is 0 Å². The summed E-state index contributed by atoms with van der Waals surface area (Å²) in [5.41, 5.74) is 8.45. The molecular weight excluding hydrogens is 278 g/mol. The Morgan fingerprint density at radius 1 is 1.14 bits per heavy atom. The smallest absolute Gasteiger partial charge is 0.253 e. The summed E-state index contributed by atoms with van der Waals surface area (Å²) >= 11 is 0. The summed E-state index contributed by atoms with van der Waals surface area (Å²) in [4.78, 5) is 12.1. The Bertz CT molecular complexity index is 639. The third kappa shape index (κ3) is 3.91. The molecule has 0 fully saturated rings. The number of nitrogen functional groups attached to an aromatic ring is 1. The summed E-state index contributed by atoms with van der Waals surface area (Å²) in [6.45, 7) is 5.02. The number of rotatable bonds is 6. The molecule has 0 aromatic heterocycles. The quantitative estimate of drug-likeness (QED) is 0.716. The van der Waals surface area contributed by atoms with E-state index in [0.29, 0.717) is 30.1 Å². The molecule has 0 aliphatic carbocycles. The molecule has 2 aromatic carbocycles. The highest BCUT2D eigenvalue weighted by atomic mass is 16.5. The standard InChI is InChI=1S/C17H21N3O2/c1-3-19-17(21)15-11-12(18)5-10-16(15)20-13-6-8-14(9-7-13)22-4-2/h5-11,20H,3-4,18H2,1-2H3,(H,19,21). The van der Waals surface area contributed by atoms with Crippen molar-refractivity contribution in [3.63, 3.8) is 0 Å². The number of nitrogens with one attached hydrogen (secondary N) is 2. The average Bonchev–Trinajstić information content (AvgIpc) is 2.51. The van der Waals surface area contributed by atoms with Crippen LogP contribution in [-0.2, 0) is 0 Å². The second-order valence-electron chi connectivity index (χ2n) is 4.75. The van der Waals surface area contributed by atoms with E-state index in [1.54, 1.807) is 18.2 Å². The van der Waals surface area contributed by atoms with Gasteiger partial charge in [0, 0.05) is 17.9 Å². The highest BCUT2D eigenvalue weighted by Gasteiger charge is 2.11. The van der Waals surface area contributed by atoms with E-state index in [1.165, 1.54) is 0 Å². The van der Waals surface area contributed by atoms with Crippen LogP contribution in [0.4, 0.5) is 17.1 Å². The van der Waals surface area contributed by atoms with Crippen molar-refractivity contribution in [2.45, 2.75) is 13.8 Å². The number of anilines is 3. The summed E-state index contributed by atoms with van der Waals surface area (Å²) in [7, 11) is 0. The van der Waals surface area contributed by atoms with Gasteiger partial charge in [-0.05, 0) is 56.3 Å². The first-order valence-corrected chi connectivity index (χ1v) is 7.31. The van der Waals surface area contributed by atoms with Crippen molar-refractivity contribution in [1.82, 2.24) is 5.32 Å². The molecule has 0 aliphatic heterocycles. The molecule has 5 heteroatoms. The lowest BCUT2D eigenvalue weighted by Gasteiger charge is -2.13. The van der Waals surface area contributed by atoms with Gasteiger partial charge in [-0.15, -0.1) is 0 Å². The molecule has 4 N–H and O–H groups in total. The summed E-state index contributed by atoms with van der Waals surface area (Å²) < 4.78 is 5.41. The number of ether oxygens (including phenoxy) is 1. The Morgan fingerprint density at radius 2 is 1.86 bits per heavy atom. The van der Waals surface area contributed by atoms with Gasteiger partial charge in [-0.1, -0.05) is 0 Å². The van der Waals surface area contributed by atoms with Crippen LogP contribution in [-0.4, -0.2) is 19.1 Å². The molecule has 22 heavy (non-hydrogen) atoms. The van der Waals surface area contributed by atoms with E-state index in [-0.39, 0.29) is 5.91 Å². The molecule has 5 nitrogen and oxygen atoms in total. The van der Waals surface area contributed by atoms with Gasteiger partial charge in [0.05, 0.1) is 17.9 Å². The zero-order valence-electron chi connectivity index (χ0n) is 12.8. The Morgan fingerprint density at radius 3 is 2.50 bits per heavy atom. The Balaban J connectivity index is 2.23. The van der Waals surface area contributed by atoms with Crippen molar-refractivity contribution < 1.29 is 9.53 Å². The third-order valence-corrected chi connectivity index (χ3v) is 3.07. The van der Waals surface area contributed by atoms with Gasteiger partial charge in [-0.2, -0.15) is 0 Å². The predicted octanol–water partition coefficient (Wildman–Crippen LogP) is 3.16. The van der Waals surface area contributed by atoms with Crippen molar-refractivity contribution >= 4 is 23.0 Å². The molecule has 0 aliphatic rings. The molecule has 0 saturated carbocycles. The fraction of sp³-hybridized carbons (Fsp3) is 0.235. The lowest BCUT2D eigenvalue weighted by Crippen LogP contribution is -2.23. The normalized spacial score (nSPS) is 10.1. The second kappa shape index (κ2) is 7.36. The van der Waals surface area contributed by atoms with Crippen LogP contribution in [0.25, 0.3) is 0 Å². The van der Waals surface area contributed by atoms with Crippen LogP contribution in [0.2, 0.25) is 0 Å². The summed E-state index contributed by atoms with van der Waals surface area (Å²) in [6.07, 6.45) is 0. The van der Waals surface area contributed by atoms with E-state index in [1.807, 2.05) is 38.1 Å². The van der Waals surface area contributed by atoms with Crippen LogP contribution < -0.4 is 21.1 Å². The van der Waals surface area contributed by atoms with Gasteiger partial charge in [-0.25, -0.2) is 0 Å². The fourth-order valence-electron chi connectivity index (χ4n) is 2.07. The maximum absolute atomic E-state index is 12.1. The van der Waals surface area contributed by atoms with Crippen molar-refractivity contribution in [3.8, 4) is 5.75 Å². The first-order chi connectivity index (χ1) is 10.6. The van der Waals surface area contributed by atoms with Gasteiger partial charge in [-0.3, -0.25) is 4.79 Å². The number of amides is 1. The number of benzene rings is 2.